The van der Waals surface area contributed by atoms with Crippen LogP contribution in [0.5, 0.6) is 0 Å². The highest BCUT2D eigenvalue weighted by Gasteiger charge is 2.42. The van der Waals surface area contributed by atoms with Crippen LogP contribution in [-0.4, -0.2) is 54.6 Å². The molecule has 3 aliphatic rings. The molecule has 0 aromatic carbocycles. The van der Waals surface area contributed by atoms with Crippen LogP contribution in [0.3, 0.4) is 0 Å². The topological polar surface area (TPSA) is 32.5 Å². The highest BCUT2D eigenvalue weighted by molar-refractivity contribution is 4.99. The third-order valence-corrected chi connectivity index (χ3v) is 6.67. The minimum absolute atomic E-state index is 0.326. The highest BCUT2D eigenvalue weighted by Crippen LogP contribution is 2.40. The van der Waals surface area contributed by atoms with Gasteiger partial charge in [-0.3, -0.25) is 4.90 Å². The number of hydrogen-bond donors (Lipinski definition) is 1. The summed E-state index contributed by atoms with van der Waals surface area (Å²) in [4.78, 5) is 5.46. The Morgan fingerprint density at radius 2 is 1.71 bits per heavy atom. The van der Waals surface area contributed by atoms with E-state index in [1.165, 1.54) is 84.1 Å². The first-order valence-electron chi connectivity index (χ1n) is 9.45. The Morgan fingerprint density at radius 1 is 1.00 bits per heavy atom. The molecular formula is C18H35N3. The van der Waals surface area contributed by atoms with E-state index in [-0.39, 0.29) is 0 Å². The maximum absolute atomic E-state index is 6.30. The van der Waals surface area contributed by atoms with Crippen LogP contribution in [0.25, 0.3) is 0 Å². The Hall–Kier alpha value is -0.120. The number of piperidine rings is 2. The van der Waals surface area contributed by atoms with Crippen LogP contribution in [0.15, 0.2) is 0 Å². The Morgan fingerprint density at radius 3 is 2.38 bits per heavy atom. The maximum Gasteiger partial charge on any atom is 0.0356 e. The molecule has 122 valence electrons. The molecule has 3 heteroatoms. The largest absolute Gasteiger partial charge is 0.329 e. The van der Waals surface area contributed by atoms with Gasteiger partial charge in [0.1, 0.15) is 0 Å². The number of rotatable bonds is 4. The normalized spacial score (nSPS) is 34.6. The van der Waals surface area contributed by atoms with Crippen molar-refractivity contribution in [1.29, 1.82) is 0 Å². The molecule has 2 heterocycles. The average molecular weight is 293 g/mol. The molecule has 2 saturated heterocycles. The van der Waals surface area contributed by atoms with Crippen molar-refractivity contribution in [2.24, 2.45) is 17.6 Å². The minimum Gasteiger partial charge on any atom is -0.329 e. The van der Waals surface area contributed by atoms with Crippen molar-refractivity contribution in [3.63, 3.8) is 0 Å². The van der Waals surface area contributed by atoms with Crippen molar-refractivity contribution in [3.05, 3.63) is 0 Å². The van der Waals surface area contributed by atoms with Gasteiger partial charge in [0.25, 0.3) is 0 Å². The fourth-order valence-corrected chi connectivity index (χ4v) is 5.19. The molecule has 21 heavy (non-hydrogen) atoms. The molecule has 0 bridgehead atoms. The second-order valence-corrected chi connectivity index (χ2v) is 7.81. The van der Waals surface area contributed by atoms with Crippen molar-refractivity contribution in [2.45, 2.75) is 63.8 Å². The zero-order chi connectivity index (χ0) is 14.7. The van der Waals surface area contributed by atoms with Gasteiger partial charge in [0.2, 0.25) is 0 Å². The third-order valence-electron chi connectivity index (χ3n) is 6.67. The van der Waals surface area contributed by atoms with Gasteiger partial charge < -0.3 is 10.6 Å². The highest BCUT2D eigenvalue weighted by atomic mass is 15.3. The van der Waals surface area contributed by atoms with Crippen LogP contribution in [0.2, 0.25) is 0 Å². The second kappa shape index (κ2) is 6.97. The predicted molar refractivity (Wildman–Crippen MR) is 89.4 cm³/mol. The van der Waals surface area contributed by atoms with Crippen molar-refractivity contribution in [3.8, 4) is 0 Å². The van der Waals surface area contributed by atoms with Gasteiger partial charge in [-0.05, 0) is 70.1 Å². The fraction of sp³-hybridized carbons (Fsp3) is 1.00. The third kappa shape index (κ3) is 3.30. The Balaban J connectivity index is 1.61. The number of nitrogens with zero attached hydrogens (tertiary/aromatic N) is 2. The van der Waals surface area contributed by atoms with E-state index in [0.29, 0.717) is 5.54 Å². The van der Waals surface area contributed by atoms with E-state index in [4.69, 9.17) is 5.73 Å². The summed E-state index contributed by atoms with van der Waals surface area (Å²) in [5.41, 5.74) is 6.62. The predicted octanol–water partition coefficient (Wildman–Crippen LogP) is 2.70. The molecule has 0 aromatic heterocycles. The van der Waals surface area contributed by atoms with Gasteiger partial charge in [-0.25, -0.2) is 0 Å². The number of nitrogens with two attached hydrogens (primary N) is 1. The summed E-state index contributed by atoms with van der Waals surface area (Å²) in [6.07, 6.45) is 11.2. The zero-order valence-corrected chi connectivity index (χ0v) is 14.0. The lowest BCUT2D eigenvalue weighted by Gasteiger charge is -2.53. The molecule has 0 radical (unpaired) electrons. The molecule has 3 fully saturated rings. The summed E-state index contributed by atoms with van der Waals surface area (Å²) < 4.78 is 0. The number of likely N-dealkylation sites (tertiary alicyclic amines) is 2. The smallest absolute Gasteiger partial charge is 0.0356 e. The van der Waals surface area contributed by atoms with E-state index in [2.05, 4.69) is 16.7 Å². The fourth-order valence-electron chi connectivity index (χ4n) is 5.19. The van der Waals surface area contributed by atoms with Crippen molar-refractivity contribution < 1.29 is 0 Å². The standard InChI is InChI=1S/C18H35N3/c1-2-10-20-12-8-18(15-19,9-13-20)21-11-7-16-5-3-4-6-17(16)14-21/h16-17H,2-15,19H2,1H3. The molecule has 0 amide bonds. The average Bonchev–Trinajstić information content (AvgIpc) is 2.56. The van der Waals surface area contributed by atoms with E-state index in [1.54, 1.807) is 0 Å². The number of hydrogen-bond acceptors (Lipinski definition) is 3. The molecule has 2 aliphatic heterocycles. The molecule has 1 saturated carbocycles. The quantitative estimate of drug-likeness (QED) is 0.865. The van der Waals surface area contributed by atoms with Gasteiger partial charge in [0.05, 0.1) is 0 Å². The van der Waals surface area contributed by atoms with E-state index < -0.39 is 0 Å². The van der Waals surface area contributed by atoms with E-state index in [9.17, 15) is 0 Å². The summed E-state index contributed by atoms with van der Waals surface area (Å²) in [5, 5.41) is 0. The van der Waals surface area contributed by atoms with Gasteiger partial charge in [-0.15, -0.1) is 0 Å². The molecule has 0 spiro atoms. The minimum atomic E-state index is 0.326. The lowest BCUT2D eigenvalue weighted by molar-refractivity contribution is -0.0257. The van der Waals surface area contributed by atoms with Crippen LogP contribution in [0.4, 0.5) is 0 Å². The molecule has 2 N–H and O–H groups in total. The lowest BCUT2D eigenvalue weighted by Crippen LogP contribution is -2.62. The monoisotopic (exact) mass is 293 g/mol. The number of fused-ring (bicyclic) bond motifs is 1. The van der Waals surface area contributed by atoms with Crippen LogP contribution >= 0.6 is 0 Å². The van der Waals surface area contributed by atoms with Crippen molar-refractivity contribution in [2.75, 3.05) is 39.3 Å². The molecule has 2 unspecified atom stereocenters. The Kier molecular flexibility index (Phi) is 5.23. The van der Waals surface area contributed by atoms with Gasteiger partial charge in [-0.1, -0.05) is 26.2 Å². The Bertz CT molecular complexity index is 322. The second-order valence-electron chi connectivity index (χ2n) is 7.81. The molecule has 3 rings (SSSR count). The van der Waals surface area contributed by atoms with Crippen LogP contribution < -0.4 is 5.73 Å². The Labute approximate surface area is 131 Å². The lowest BCUT2D eigenvalue weighted by atomic mass is 9.73. The summed E-state index contributed by atoms with van der Waals surface area (Å²) >= 11 is 0. The van der Waals surface area contributed by atoms with Crippen molar-refractivity contribution in [1.82, 2.24) is 9.80 Å². The van der Waals surface area contributed by atoms with Gasteiger partial charge in [-0.2, -0.15) is 0 Å². The molecule has 0 aromatic rings. The molecule has 2 atom stereocenters. The van der Waals surface area contributed by atoms with E-state index in [1.807, 2.05) is 0 Å². The summed E-state index contributed by atoms with van der Waals surface area (Å²) in [5.74, 6) is 2.01. The van der Waals surface area contributed by atoms with E-state index >= 15 is 0 Å². The first-order chi connectivity index (χ1) is 10.3. The molecule has 3 nitrogen and oxygen atoms in total. The first-order valence-corrected chi connectivity index (χ1v) is 9.45. The van der Waals surface area contributed by atoms with E-state index in [0.717, 1.165) is 18.4 Å². The first kappa shape index (κ1) is 15.8. The zero-order valence-electron chi connectivity index (χ0n) is 14.0. The molecular weight excluding hydrogens is 258 g/mol. The maximum atomic E-state index is 6.30. The SMILES string of the molecule is CCCN1CCC(CN)(N2CCC3CCCCC3C2)CC1. The molecule has 1 aliphatic carbocycles. The summed E-state index contributed by atoms with van der Waals surface area (Å²) in [6.45, 7) is 9.60. The van der Waals surface area contributed by atoms with Crippen LogP contribution in [-0.2, 0) is 0 Å². The van der Waals surface area contributed by atoms with Gasteiger partial charge in [0.15, 0.2) is 0 Å². The van der Waals surface area contributed by atoms with Crippen molar-refractivity contribution >= 4 is 0 Å². The summed E-state index contributed by atoms with van der Waals surface area (Å²) in [7, 11) is 0. The van der Waals surface area contributed by atoms with Crippen LogP contribution in [0.1, 0.15) is 58.3 Å². The summed E-state index contributed by atoms with van der Waals surface area (Å²) in [6, 6.07) is 0. The van der Waals surface area contributed by atoms with Gasteiger partial charge in [0, 0.05) is 18.6 Å². The van der Waals surface area contributed by atoms with Gasteiger partial charge >= 0.3 is 0 Å². The van der Waals surface area contributed by atoms with Crippen LogP contribution in [0, 0.1) is 11.8 Å².